The monoisotopic (exact) mass is 334 g/mol. The van der Waals surface area contributed by atoms with Gasteiger partial charge in [0, 0.05) is 6.08 Å². The van der Waals surface area contributed by atoms with Crippen LogP contribution in [-0.4, -0.2) is 23.7 Å². The molecule has 1 N–H and O–H groups in total. The second-order valence-electron chi connectivity index (χ2n) is 6.79. The van der Waals surface area contributed by atoms with Gasteiger partial charge < -0.3 is 9.84 Å². The highest BCUT2D eigenvalue weighted by Crippen LogP contribution is 2.19. The summed E-state index contributed by atoms with van der Waals surface area (Å²) >= 11 is 0. The maximum absolute atomic E-state index is 11.3. The van der Waals surface area contributed by atoms with Crippen molar-refractivity contribution in [1.29, 1.82) is 0 Å². The summed E-state index contributed by atoms with van der Waals surface area (Å²) in [4.78, 5) is 22.3. The molecule has 0 saturated carbocycles. The summed E-state index contributed by atoms with van der Waals surface area (Å²) in [7, 11) is 0. The van der Waals surface area contributed by atoms with Crippen LogP contribution in [0.2, 0.25) is 0 Å². The third-order valence-corrected chi connectivity index (χ3v) is 4.22. The molecule has 1 heterocycles. The SMILES string of the molecule is CC(C)=CCCC(CCCC(C)=CCCC1=CC(=O)OC1)C(=O)O. The maximum atomic E-state index is 11.3. The van der Waals surface area contributed by atoms with E-state index < -0.39 is 5.97 Å². The topological polar surface area (TPSA) is 63.6 Å². The molecule has 0 aromatic heterocycles. The second kappa shape index (κ2) is 10.8. The molecule has 0 aliphatic carbocycles. The lowest BCUT2D eigenvalue weighted by atomic mass is 9.95. The van der Waals surface area contributed by atoms with Gasteiger partial charge >= 0.3 is 11.9 Å². The zero-order chi connectivity index (χ0) is 17.9. The van der Waals surface area contributed by atoms with Gasteiger partial charge in [0.15, 0.2) is 0 Å². The quantitative estimate of drug-likeness (QED) is 0.435. The molecular weight excluding hydrogens is 304 g/mol. The zero-order valence-electron chi connectivity index (χ0n) is 15.1. The number of ether oxygens (including phenoxy) is 1. The minimum Gasteiger partial charge on any atom is -0.481 e. The average molecular weight is 334 g/mol. The van der Waals surface area contributed by atoms with E-state index >= 15 is 0 Å². The van der Waals surface area contributed by atoms with E-state index in [0.717, 1.165) is 44.1 Å². The van der Waals surface area contributed by atoms with Crippen LogP contribution in [0.4, 0.5) is 0 Å². The number of carbonyl (C=O) groups is 2. The van der Waals surface area contributed by atoms with Crippen molar-refractivity contribution in [1.82, 2.24) is 0 Å². The molecule has 0 saturated heterocycles. The number of hydrogen-bond acceptors (Lipinski definition) is 3. The summed E-state index contributed by atoms with van der Waals surface area (Å²) in [6.45, 7) is 6.59. The van der Waals surface area contributed by atoms with Crippen molar-refractivity contribution in [2.24, 2.45) is 5.92 Å². The molecule has 24 heavy (non-hydrogen) atoms. The Morgan fingerprint density at radius 2 is 2.00 bits per heavy atom. The molecule has 1 atom stereocenters. The zero-order valence-corrected chi connectivity index (χ0v) is 15.1. The fourth-order valence-electron chi connectivity index (χ4n) is 2.76. The fourth-order valence-corrected chi connectivity index (χ4v) is 2.76. The van der Waals surface area contributed by atoms with Crippen molar-refractivity contribution in [3.05, 3.63) is 34.9 Å². The van der Waals surface area contributed by atoms with E-state index in [-0.39, 0.29) is 11.9 Å². The van der Waals surface area contributed by atoms with Gasteiger partial charge in [0.1, 0.15) is 6.61 Å². The van der Waals surface area contributed by atoms with Crippen LogP contribution in [0.5, 0.6) is 0 Å². The van der Waals surface area contributed by atoms with E-state index in [4.69, 9.17) is 4.74 Å². The van der Waals surface area contributed by atoms with Gasteiger partial charge in [0.05, 0.1) is 5.92 Å². The Balaban J connectivity index is 2.26. The minimum absolute atomic E-state index is 0.237. The fraction of sp³-hybridized carbons (Fsp3) is 0.600. The van der Waals surface area contributed by atoms with E-state index in [2.05, 4.69) is 19.1 Å². The summed E-state index contributed by atoms with van der Waals surface area (Å²) in [5, 5.41) is 9.31. The van der Waals surface area contributed by atoms with Gasteiger partial charge in [-0.3, -0.25) is 4.79 Å². The highest BCUT2D eigenvalue weighted by atomic mass is 16.5. The smallest absolute Gasteiger partial charge is 0.331 e. The van der Waals surface area contributed by atoms with Crippen molar-refractivity contribution in [2.45, 2.75) is 65.7 Å². The van der Waals surface area contributed by atoms with E-state index in [1.54, 1.807) is 6.08 Å². The number of hydrogen-bond donors (Lipinski definition) is 1. The molecule has 1 aliphatic rings. The normalized spacial score (nSPS) is 15.7. The minimum atomic E-state index is -0.684. The van der Waals surface area contributed by atoms with Crippen molar-refractivity contribution < 1.29 is 19.4 Å². The van der Waals surface area contributed by atoms with Gasteiger partial charge in [-0.1, -0.05) is 23.3 Å². The number of esters is 1. The first-order valence-electron chi connectivity index (χ1n) is 8.76. The number of cyclic esters (lactones) is 1. The van der Waals surface area contributed by atoms with Crippen LogP contribution in [0.15, 0.2) is 34.9 Å². The van der Waals surface area contributed by atoms with Gasteiger partial charge in [-0.15, -0.1) is 0 Å². The number of carboxylic acid groups (broad SMARTS) is 1. The Hall–Kier alpha value is -1.84. The van der Waals surface area contributed by atoms with E-state index in [9.17, 15) is 14.7 Å². The van der Waals surface area contributed by atoms with Crippen LogP contribution in [0, 0.1) is 5.92 Å². The predicted molar refractivity (Wildman–Crippen MR) is 95.7 cm³/mol. The van der Waals surface area contributed by atoms with Gasteiger partial charge in [0.25, 0.3) is 0 Å². The maximum Gasteiger partial charge on any atom is 0.331 e. The molecule has 0 fully saturated rings. The third kappa shape index (κ3) is 8.70. The number of allylic oxidation sites excluding steroid dienone is 4. The number of rotatable bonds is 11. The summed E-state index contributed by atoms with van der Waals surface area (Å²) < 4.78 is 4.87. The lowest BCUT2D eigenvalue weighted by molar-refractivity contribution is -0.142. The number of aliphatic carboxylic acids is 1. The van der Waals surface area contributed by atoms with E-state index in [1.807, 2.05) is 13.8 Å². The van der Waals surface area contributed by atoms with Crippen molar-refractivity contribution in [2.75, 3.05) is 6.61 Å². The second-order valence-corrected chi connectivity index (χ2v) is 6.79. The molecular formula is C20H30O4. The van der Waals surface area contributed by atoms with Gasteiger partial charge in [-0.25, -0.2) is 4.79 Å². The highest BCUT2D eigenvalue weighted by molar-refractivity contribution is 5.85. The van der Waals surface area contributed by atoms with Gasteiger partial charge in [-0.2, -0.15) is 0 Å². The molecule has 1 unspecified atom stereocenters. The van der Waals surface area contributed by atoms with Crippen LogP contribution in [0.1, 0.15) is 65.7 Å². The largest absolute Gasteiger partial charge is 0.481 e. The average Bonchev–Trinajstić information content (AvgIpc) is 2.90. The van der Waals surface area contributed by atoms with Crippen LogP contribution in [0.25, 0.3) is 0 Å². The molecule has 134 valence electrons. The first-order valence-corrected chi connectivity index (χ1v) is 8.76. The van der Waals surface area contributed by atoms with Gasteiger partial charge in [-0.05, 0) is 71.3 Å². The Morgan fingerprint density at radius 3 is 2.58 bits per heavy atom. The molecule has 1 rings (SSSR count). The first-order chi connectivity index (χ1) is 11.4. The number of carbonyl (C=O) groups excluding carboxylic acids is 1. The summed E-state index contributed by atoms with van der Waals surface area (Å²) in [5.41, 5.74) is 3.57. The molecule has 0 aromatic carbocycles. The van der Waals surface area contributed by atoms with Crippen molar-refractivity contribution in [3.8, 4) is 0 Å². The molecule has 0 spiro atoms. The van der Waals surface area contributed by atoms with E-state index in [0.29, 0.717) is 13.0 Å². The molecule has 1 aliphatic heterocycles. The van der Waals surface area contributed by atoms with Crippen molar-refractivity contribution >= 4 is 11.9 Å². The summed E-state index contributed by atoms with van der Waals surface area (Å²) in [6, 6.07) is 0. The van der Waals surface area contributed by atoms with Crippen LogP contribution >= 0.6 is 0 Å². The summed E-state index contributed by atoms with van der Waals surface area (Å²) in [6.07, 6.45) is 11.7. The molecule has 0 bridgehead atoms. The van der Waals surface area contributed by atoms with Crippen molar-refractivity contribution in [3.63, 3.8) is 0 Å². The lowest BCUT2D eigenvalue weighted by Gasteiger charge is -2.11. The van der Waals surface area contributed by atoms with Crippen LogP contribution in [-0.2, 0) is 14.3 Å². The Morgan fingerprint density at radius 1 is 1.25 bits per heavy atom. The standard InChI is InChI=1S/C20H30O4/c1-15(2)7-4-11-18(20(22)23)12-6-9-16(3)8-5-10-17-13-19(21)24-14-17/h7-8,13,18H,4-6,9-12,14H2,1-3H3,(H,22,23). The Kier molecular flexibility index (Phi) is 9.13. The lowest BCUT2D eigenvalue weighted by Crippen LogP contribution is -2.13. The summed E-state index contributed by atoms with van der Waals surface area (Å²) in [5.74, 6) is -1.17. The van der Waals surface area contributed by atoms with Crippen LogP contribution < -0.4 is 0 Å². The molecule has 4 nitrogen and oxygen atoms in total. The Labute approximate surface area is 145 Å². The Bertz CT molecular complexity index is 522. The van der Waals surface area contributed by atoms with Crippen LogP contribution in [0.3, 0.4) is 0 Å². The molecule has 0 radical (unpaired) electrons. The van der Waals surface area contributed by atoms with Gasteiger partial charge in [0.2, 0.25) is 0 Å². The molecule has 0 amide bonds. The molecule has 4 heteroatoms. The molecule has 0 aromatic rings. The first kappa shape index (κ1) is 20.2. The van der Waals surface area contributed by atoms with E-state index in [1.165, 1.54) is 11.1 Å². The third-order valence-electron chi connectivity index (χ3n) is 4.22. The highest BCUT2D eigenvalue weighted by Gasteiger charge is 2.16. The predicted octanol–water partition coefficient (Wildman–Crippen LogP) is 4.81. The number of carboxylic acids is 1.